The third-order valence-electron chi connectivity index (χ3n) is 3.58. The van der Waals surface area contributed by atoms with E-state index in [1.54, 1.807) is 54.8 Å². The average Bonchev–Trinajstić information content (AvgIpc) is 2.59. The van der Waals surface area contributed by atoms with E-state index in [2.05, 4.69) is 12.2 Å². The minimum Gasteiger partial charge on any atom is -0.494 e. The molecule has 0 aliphatic carbocycles. The minimum absolute atomic E-state index is 0.231. The van der Waals surface area contributed by atoms with Crippen LogP contribution in [0.25, 0.3) is 0 Å². The number of unbranched alkanes of at least 4 members (excludes halogenated alkanes) is 2. The molecule has 0 heterocycles. The van der Waals surface area contributed by atoms with Crippen LogP contribution in [0.1, 0.15) is 36.5 Å². The van der Waals surface area contributed by atoms with E-state index in [-0.39, 0.29) is 5.91 Å². The number of hydrogen-bond acceptors (Lipinski definition) is 3. The van der Waals surface area contributed by atoms with Gasteiger partial charge in [-0.2, -0.15) is 0 Å². The van der Waals surface area contributed by atoms with Gasteiger partial charge in [0.2, 0.25) is 0 Å². The average molecular weight is 345 g/mol. The number of carbonyl (C=O) groups excluding carboxylic acids is 1. The number of amides is 1. The van der Waals surface area contributed by atoms with Crippen molar-refractivity contribution in [2.45, 2.75) is 31.1 Å². The van der Waals surface area contributed by atoms with E-state index in [1.165, 1.54) is 0 Å². The van der Waals surface area contributed by atoms with E-state index in [1.807, 2.05) is 0 Å². The third-order valence-corrected chi connectivity index (χ3v) is 4.55. The standard InChI is InChI=1S/C19H23NO3S/c1-3-4-7-14-23-16-12-10-15(11-13-16)19(21)20-17-8-5-6-9-18(17)24(2)22/h5-6,8-13H,3-4,7,14H2,1-2H3,(H,20,21). The van der Waals surface area contributed by atoms with E-state index < -0.39 is 10.8 Å². The van der Waals surface area contributed by atoms with Crippen molar-refractivity contribution in [2.75, 3.05) is 18.2 Å². The molecule has 1 atom stereocenters. The molecular weight excluding hydrogens is 322 g/mol. The molecule has 0 radical (unpaired) electrons. The predicted octanol–water partition coefficient (Wildman–Crippen LogP) is 4.25. The summed E-state index contributed by atoms with van der Waals surface area (Å²) in [6.07, 6.45) is 4.94. The Hall–Kier alpha value is -2.14. The van der Waals surface area contributed by atoms with E-state index in [0.29, 0.717) is 22.8 Å². The van der Waals surface area contributed by atoms with Gasteiger partial charge in [0, 0.05) is 11.8 Å². The lowest BCUT2D eigenvalue weighted by Gasteiger charge is -2.10. The zero-order valence-corrected chi connectivity index (χ0v) is 14.9. The highest BCUT2D eigenvalue weighted by Crippen LogP contribution is 2.20. The summed E-state index contributed by atoms with van der Waals surface area (Å²) >= 11 is 0. The largest absolute Gasteiger partial charge is 0.494 e. The van der Waals surface area contributed by atoms with Crippen LogP contribution < -0.4 is 10.1 Å². The number of benzene rings is 2. The van der Waals surface area contributed by atoms with Crippen molar-refractivity contribution in [3.8, 4) is 5.75 Å². The maximum atomic E-state index is 12.3. The number of carbonyl (C=O) groups is 1. The molecule has 0 saturated carbocycles. The fourth-order valence-corrected chi connectivity index (χ4v) is 2.96. The molecule has 0 fully saturated rings. The van der Waals surface area contributed by atoms with E-state index in [4.69, 9.17) is 4.74 Å². The van der Waals surface area contributed by atoms with Crippen LogP contribution in [0.5, 0.6) is 5.75 Å². The summed E-state index contributed by atoms with van der Waals surface area (Å²) in [6, 6.07) is 14.2. The third kappa shape index (κ3) is 5.20. The van der Waals surface area contributed by atoms with Gasteiger partial charge in [-0.15, -0.1) is 0 Å². The van der Waals surface area contributed by atoms with Gasteiger partial charge in [0.15, 0.2) is 0 Å². The van der Waals surface area contributed by atoms with Crippen LogP contribution in [-0.4, -0.2) is 23.0 Å². The molecule has 1 amide bonds. The van der Waals surface area contributed by atoms with Crippen molar-refractivity contribution in [1.82, 2.24) is 0 Å². The van der Waals surface area contributed by atoms with Crippen molar-refractivity contribution in [3.05, 3.63) is 54.1 Å². The molecule has 0 aliphatic rings. The Morgan fingerprint density at radius 1 is 1.08 bits per heavy atom. The van der Waals surface area contributed by atoms with Gasteiger partial charge >= 0.3 is 0 Å². The summed E-state index contributed by atoms with van der Waals surface area (Å²) < 4.78 is 17.4. The molecule has 2 aromatic carbocycles. The lowest BCUT2D eigenvalue weighted by molar-refractivity contribution is 0.102. The molecule has 1 unspecified atom stereocenters. The minimum atomic E-state index is -1.16. The summed E-state index contributed by atoms with van der Waals surface area (Å²) in [5.41, 5.74) is 1.11. The van der Waals surface area contributed by atoms with Crippen molar-refractivity contribution in [1.29, 1.82) is 0 Å². The topological polar surface area (TPSA) is 55.4 Å². The molecule has 0 aromatic heterocycles. The van der Waals surface area contributed by atoms with Crippen LogP contribution >= 0.6 is 0 Å². The van der Waals surface area contributed by atoms with Gasteiger partial charge in [0.1, 0.15) is 5.75 Å². The Balaban J connectivity index is 1.99. The van der Waals surface area contributed by atoms with Gasteiger partial charge in [-0.3, -0.25) is 9.00 Å². The fraction of sp³-hybridized carbons (Fsp3) is 0.316. The van der Waals surface area contributed by atoms with E-state index >= 15 is 0 Å². The fourth-order valence-electron chi connectivity index (χ4n) is 2.26. The summed E-state index contributed by atoms with van der Waals surface area (Å²) in [7, 11) is -1.16. The first-order valence-electron chi connectivity index (χ1n) is 8.08. The first kappa shape index (κ1) is 18.2. The SMILES string of the molecule is CCCCCOc1ccc(C(=O)Nc2ccccc2S(C)=O)cc1. The summed E-state index contributed by atoms with van der Waals surface area (Å²) in [5.74, 6) is 0.531. The predicted molar refractivity (Wildman–Crippen MR) is 98.2 cm³/mol. The summed E-state index contributed by atoms with van der Waals surface area (Å²) in [6.45, 7) is 2.84. The van der Waals surface area contributed by atoms with Crippen LogP contribution in [-0.2, 0) is 10.8 Å². The van der Waals surface area contributed by atoms with Crippen molar-refractivity contribution in [3.63, 3.8) is 0 Å². The number of nitrogens with one attached hydrogen (secondary N) is 1. The maximum Gasteiger partial charge on any atom is 0.255 e. The lowest BCUT2D eigenvalue weighted by atomic mass is 10.2. The summed E-state index contributed by atoms with van der Waals surface area (Å²) in [4.78, 5) is 13.0. The second-order valence-electron chi connectivity index (χ2n) is 5.48. The van der Waals surface area contributed by atoms with Gasteiger partial charge < -0.3 is 10.1 Å². The number of anilines is 1. The number of hydrogen-bond donors (Lipinski definition) is 1. The van der Waals surface area contributed by atoms with Gasteiger partial charge in [-0.1, -0.05) is 31.9 Å². The molecule has 2 aromatic rings. The van der Waals surface area contributed by atoms with Gasteiger partial charge in [-0.25, -0.2) is 0 Å². The molecule has 0 aliphatic heterocycles. The smallest absolute Gasteiger partial charge is 0.255 e. The van der Waals surface area contributed by atoms with Crippen molar-refractivity contribution >= 4 is 22.4 Å². The van der Waals surface area contributed by atoms with Gasteiger partial charge in [0.05, 0.1) is 28.0 Å². The van der Waals surface area contributed by atoms with E-state index in [0.717, 1.165) is 25.0 Å². The Bertz CT molecular complexity index is 698. The van der Waals surface area contributed by atoms with Crippen molar-refractivity contribution in [2.24, 2.45) is 0 Å². The van der Waals surface area contributed by atoms with Gasteiger partial charge in [-0.05, 0) is 42.8 Å². The zero-order chi connectivity index (χ0) is 17.4. The molecule has 0 bridgehead atoms. The van der Waals surface area contributed by atoms with Crippen LogP contribution in [0, 0.1) is 0 Å². The van der Waals surface area contributed by atoms with Crippen LogP contribution in [0.3, 0.4) is 0 Å². The summed E-state index contributed by atoms with van der Waals surface area (Å²) in [5, 5.41) is 2.81. The van der Waals surface area contributed by atoms with Crippen LogP contribution in [0.4, 0.5) is 5.69 Å². The Morgan fingerprint density at radius 3 is 2.46 bits per heavy atom. The molecule has 128 valence electrons. The second kappa shape index (κ2) is 9.23. The quantitative estimate of drug-likeness (QED) is 0.728. The highest BCUT2D eigenvalue weighted by molar-refractivity contribution is 7.84. The molecule has 0 saturated heterocycles. The Labute approximate surface area is 145 Å². The van der Waals surface area contributed by atoms with Crippen molar-refractivity contribution < 1.29 is 13.7 Å². The number of ether oxygens (including phenoxy) is 1. The molecule has 5 heteroatoms. The first-order valence-corrected chi connectivity index (χ1v) is 9.64. The highest BCUT2D eigenvalue weighted by Gasteiger charge is 2.10. The highest BCUT2D eigenvalue weighted by atomic mass is 32.2. The lowest BCUT2D eigenvalue weighted by Crippen LogP contribution is -2.13. The normalized spacial score (nSPS) is 11.8. The monoisotopic (exact) mass is 345 g/mol. The maximum absolute atomic E-state index is 12.3. The Morgan fingerprint density at radius 2 is 1.79 bits per heavy atom. The molecule has 4 nitrogen and oxygen atoms in total. The van der Waals surface area contributed by atoms with Crippen LogP contribution in [0.15, 0.2) is 53.4 Å². The second-order valence-corrected chi connectivity index (χ2v) is 6.83. The number of para-hydroxylation sites is 1. The first-order chi connectivity index (χ1) is 11.6. The number of rotatable bonds is 8. The molecule has 0 spiro atoms. The van der Waals surface area contributed by atoms with E-state index in [9.17, 15) is 9.00 Å². The molecule has 1 N–H and O–H groups in total. The molecular formula is C19H23NO3S. The zero-order valence-electron chi connectivity index (χ0n) is 14.1. The molecule has 2 rings (SSSR count). The Kier molecular flexibility index (Phi) is 7.00. The van der Waals surface area contributed by atoms with Crippen LogP contribution in [0.2, 0.25) is 0 Å². The van der Waals surface area contributed by atoms with Gasteiger partial charge in [0.25, 0.3) is 5.91 Å². The molecule has 24 heavy (non-hydrogen) atoms.